The van der Waals surface area contributed by atoms with Crippen molar-refractivity contribution in [1.82, 2.24) is 15.1 Å². The highest BCUT2D eigenvalue weighted by Gasteiger charge is 2.10. The van der Waals surface area contributed by atoms with Gasteiger partial charge in [0.15, 0.2) is 0 Å². The second-order valence-electron chi connectivity index (χ2n) is 5.15. The van der Waals surface area contributed by atoms with Crippen molar-refractivity contribution in [3.05, 3.63) is 51.4 Å². The molecule has 0 saturated carbocycles. The number of aromatic nitrogens is 2. The average molecular weight is 270 g/mol. The van der Waals surface area contributed by atoms with Gasteiger partial charge in [-0.1, -0.05) is 6.07 Å². The van der Waals surface area contributed by atoms with Gasteiger partial charge in [-0.05, 0) is 43.1 Å². The van der Waals surface area contributed by atoms with E-state index < -0.39 is 0 Å². The molecule has 1 aromatic carbocycles. The Hall–Kier alpha value is -2.14. The molecule has 104 valence electrons. The molecule has 1 aliphatic heterocycles. The van der Waals surface area contributed by atoms with Gasteiger partial charge < -0.3 is 10.6 Å². The van der Waals surface area contributed by atoms with Gasteiger partial charge in [0.25, 0.3) is 5.56 Å². The van der Waals surface area contributed by atoms with Crippen LogP contribution < -0.4 is 16.2 Å². The molecule has 0 atom stereocenters. The second kappa shape index (κ2) is 5.09. The fraction of sp³-hybridized carbons (Fsp3) is 0.333. The zero-order valence-corrected chi connectivity index (χ0v) is 11.7. The first-order valence-corrected chi connectivity index (χ1v) is 6.77. The molecule has 20 heavy (non-hydrogen) atoms. The minimum absolute atomic E-state index is 0.0721. The first kappa shape index (κ1) is 12.9. The molecule has 1 aliphatic rings. The minimum Gasteiger partial charge on any atom is -0.354 e. The summed E-state index contributed by atoms with van der Waals surface area (Å²) in [6.07, 6.45) is 2.73. The Balaban J connectivity index is 1.92. The number of anilines is 2. The third-order valence-corrected chi connectivity index (χ3v) is 3.75. The summed E-state index contributed by atoms with van der Waals surface area (Å²) in [4.78, 5) is 11.9. The van der Waals surface area contributed by atoms with E-state index in [0.29, 0.717) is 5.56 Å². The molecule has 2 N–H and O–H groups in total. The van der Waals surface area contributed by atoms with E-state index in [4.69, 9.17) is 0 Å². The molecule has 2 heterocycles. The maximum atomic E-state index is 11.9. The summed E-state index contributed by atoms with van der Waals surface area (Å²) in [5, 5.41) is 10.7. The maximum absolute atomic E-state index is 11.9. The van der Waals surface area contributed by atoms with Gasteiger partial charge in [0.1, 0.15) is 0 Å². The quantitative estimate of drug-likeness (QED) is 0.868. The maximum Gasteiger partial charge on any atom is 0.271 e. The Bertz CT molecular complexity index is 706. The summed E-state index contributed by atoms with van der Waals surface area (Å²) in [6.45, 7) is 3.76. The van der Waals surface area contributed by atoms with Crippen LogP contribution >= 0.6 is 0 Å². The van der Waals surface area contributed by atoms with E-state index in [9.17, 15) is 4.79 Å². The Kier molecular flexibility index (Phi) is 3.28. The topological polar surface area (TPSA) is 59.0 Å². The minimum atomic E-state index is -0.0721. The summed E-state index contributed by atoms with van der Waals surface area (Å²) in [6, 6.07) is 6.34. The lowest BCUT2D eigenvalue weighted by molar-refractivity contribution is 0.644. The monoisotopic (exact) mass is 270 g/mol. The Morgan fingerprint density at radius 1 is 1.35 bits per heavy atom. The van der Waals surface area contributed by atoms with Gasteiger partial charge in [0, 0.05) is 24.8 Å². The Labute approximate surface area is 117 Å². The SMILES string of the molecule is Cc1c(Nc2ccc3c(c2)CCNC3)cnn(C)c1=O. The molecule has 0 amide bonds. The van der Waals surface area contributed by atoms with E-state index in [1.807, 2.05) is 13.0 Å². The molecule has 0 unspecified atom stereocenters. The average Bonchev–Trinajstić information content (AvgIpc) is 2.48. The predicted octanol–water partition coefficient (Wildman–Crippen LogP) is 1.48. The molecule has 0 bridgehead atoms. The normalized spacial score (nSPS) is 13.9. The van der Waals surface area contributed by atoms with Crippen LogP contribution in [0.1, 0.15) is 16.7 Å². The first-order valence-electron chi connectivity index (χ1n) is 6.77. The van der Waals surface area contributed by atoms with E-state index in [-0.39, 0.29) is 5.56 Å². The highest BCUT2D eigenvalue weighted by molar-refractivity contribution is 5.63. The van der Waals surface area contributed by atoms with E-state index >= 15 is 0 Å². The van der Waals surface area contributed by atoms with Crippen LogP contribution in [-0.2, 0) is 20.0 Å². The number of benzene rings is 1. The van der Waals surface area contributed by atoms with Crippen molar-refractivity contribution in [1.29, 1.82) is 0 Å². The predicted molar refractivity (Wildman–Crippen MR) is 79.4 cm³/mol. The number of hydrogen-bond donors (Lipinski definition) is 2. The van der Waals surface area contributed by atoms with Crippen LogP contribution in [0, 0.1) is 6.92 Å². The second-order valence-corrected chi connectivity index (χ2v) is 5.15. The van der Waals surface area contributed by atoms with Gasteiger partial charge >= 0.3 is 0 Å². The molecular formula is C15H18N4O. The molecular weight excluding hydrogens is 252 g/mol. The zero-order chi connectivity index (χ0) is 14.1. The van der Waals surface area contributed by atoms with Crippen molar-refractivity contribution >= 4 is 11.4 Å². The molecule has 2 aromatic rings. The number of nitrogens with zero attached hydrogens (tertiary/aromatic N) is 2. The van der Waals surface area contributed by atoms with Crippen LogP contribution in [0.25, 0.3) is 0 Å². The van der Waals surface area contributed by atoms with Crippen molar-refractivity contribution in [3.63, 3.8) is 0 Å². The van der Waals surface area contributed by atoms with Gasteiger partial charge in [-0.3, -0.25) is 4.79 Å². The van der Waals surface area contributed by atoms with Crippen LogP contribution in [0.3, 0.4) is 0 Å². The summed E-state index contributed by atoms with van der Waals surface area (Å²) in [5.74, 6) is 0. The molecule has 5 heteroatoms. The molecule has 0 spiro atoms. The molecule has 0 radical (unpaired) electrons. The molecule has 0 aliphatic carbocycles. The lowest BCUT2D eigenvalue weighted by Crippen LogP contribution is -2.24. The van der Waals surface area contributed by atoms with Crippen LogP contribution in [0.4, 0.5) is 11.4 Å². The van der Waals surface area contributed by atoms with E-state index in [2.05, 4.69) is 27.9 Å². The van der Waals surface area contributed by atoms with E-state index in [1.54, 1.807) is 13.2 Å². The molecule has 0 saturated heterocycles. The number of aryl methyl sites for hydroxylation is 1. The van der Waals surface area contributed by atoms with E-state index in [0.717, 1.165) is 30.9 Å². The lowest BCUT2D eigenvalue weighted by atomic mass is 10.0. The summed E-state index contributed by atoms with van der Waals surface area (Å²) < 4.78 is 1.35. The number of rotatable bonds is 2. The summed E-state index contributed by atoms with van der Waals surface area (Å²) in [5.41, 5.74) is 5.09. The van der Waals surface area contributed by atoms with Crippen molar-refractivity contribution in [3.8, 4) is 0 Å². The third kappa shape index (κ3) is 2.32. The van der Waals surface area contributed by atoms with E-state index in [1.165, 1.54) is 15.8 Å². The summed E-state index contributed by atoms with van der Waals surface area (Å²) in [7, 11) is 1.66. The fourth-order valence-corrected chi connectivity index (χ4v) is 2.49. The highest BCUT2D eigenvalue weighted by Crippen LogP contribution is 2.22. The van der Waals surface area contributed by atoms with Gasteiger partial charge in [0.05, 0.1) is 11.9 Å². The van der Waals surface area contributed by atoms with Crippen molar-refractivity contribution in [2.24, 2.45) is 7.05 Å². The van der Waals surface area contributed by atoms with Crippen molar-refractivity contribution in [2.75, 3.05) is 11.9 Å². The van der Waals surface area contributed by atoms with Crippen LogP contribution in [0.2, 0.25) is 0 Å². The van der Waals surface area contributed by atoms with Crippen LogP contribution in [0.15, 0.2) is 29.2 Å². The molecule has 5 nitrogen and oxygen atoms in total. The molecule has 1 aromatic heterocycles. The Morgan fingerprint density at radius 3 is 3.05 bits per heavy atom. The first-order chi connectivity index (χ1) is 9.65. The fourth-order valence-electron chi connectivity index (χ4n) is 2.49. The molecule has 0 fully saturated rings. The smallest absolute Gasteiger partial charge is 0.271 e. The van der Waals surface area contributed by atoms with Crippen LogP contribution in [0.5, 0.6) is 0 Å². The van der Waals surface area contributed by atoms with Crippen molar-refractivity contribution < 1.29 is 0 Å². The van der Waals surface area contributed by atoms with Gasteiger partial charge in [-0.15, -0.1) is 0 Å². The Morgan fingerprint density at radius 2 is 2.20 bits per heavy atom. The van der Waals surface area contributed by atoms with Crippen molar-refractivity contribution in [2.45, 2.75) is 19.9 Å². The van der Waals surface area contributed by atoms with Gasteiger partial charge in [-0.2, -0.15) is 5.10 Å². The zero-order valence-electron chi connectivity index (χ0n) is 11.7. The van der Waals surface area contributed by atoms with Gasteiger partial charge in [0.2, 0.25) is 0 Å². The number of fused-ring (bicyclic) bond motifs is 1. The standard InChI is InChI=1S/C15H18N4O/c1-10-14(9-17-19(2)15(10)20)18-13-4-3-12-8-16-6-5-11(12)7-13/h3-4,7,9,16,18H,5-6,8H2,1-2H3. The summed E-state index contributed by atoms with van der Waals surface area (Å²) >= 11 is 0. The van der Waals surface area contributed by atoms with Crippen LogP contribution in [-0.4, -0.2) is 16.3 Å². The largest absolute Gasteiger partial charge is 0.354 e. The lowest BCUT2D eigenvalue weighted by Gasteiger charge is -2.18. The molecule has 3 rings (SSSR count). The van der Waals surface area contributed by atoms with Gasteiger partial charge in [-0.25, -0.2) is 4.68 Å². The number of hydrogen-bond acceptors (Lipinski definition) is 4. The third-order valence-electron chi connectivity index (χ3n) is 3.75. The highest BCUT2D eigenvalue weighted by atomic mass is 16.1. The number of nitrogens with one attached hydrogen (secondary N) is 2.